The van der Waals surface area contributed by atoms with E-state index >= 15 is 0 Å². The second kappa shape index (κ2) is 4.25. The monoisotopic (exact) mass is 245 g/mol. The summed E-state index contributed by atoms with van der Waals surface area (Å²) in [4.78, 5) is 0. The molecule has 78 valence electrons. The van der Waals surface area contributed by atoms with Crippen LogP contribution in [0.5, 0.6) is 0 Å². The Hall–Kier alpha value is 0.350. The van der Waals surface area contributed by atoms with Crippen LogP contribution in [0.25, 0.3) is 0 Å². The van der Waals surface area contributed by atoms with Gasteiger partial charge >= 0.3 is 0 Å². The quantitative estimate of drug-likeness (QED) is 0.666. The molecule has 0 saturated carbocycles. The molecule has 0 bridgehead atoms. The number of hydrogen-bond acceptors (Lipinski definition) is 3. The smallest absolute Gasteiger partial charge is 0.211 e. The molecule has 0 aromatic carbocycles. The third kappa shape index (κ3) is 3.53. The van der Waals surface area contributed by atoms with Crippen LogP contribution >= 0.6 is 10.7 Å². The molecule has 0 spiro atoms. The number of rotatable bonds is 3. The fourth-order valence-corrected chi connectivity index (χ4v) is 3.52. The molecule has 0 radical (unpaired) electrons. The lowest BCUT2D eigenvalue weighted by atomic mass is 10.2. The first-order valence-electron chi connectivity index (χ1n) is 3.89. The van der Waals surface area contributed by atoms with E-state index < -0.39 is 20.0 Å². The third-order valence-corrected chi connectivity index (χ3v) is 4.47. The number of nitrogens with zero attached hydrogens (tertiary/aromatic N) is 1. The van der Waals surface area contributed by atoms with Crippen molar-refractivity contribution in [1.29, 1.82) is 0 Å². The molecular weight excluding hydrogens is 234 g/mol. The maximum absolute atomic E-state index is 11.1. The Balaban J connectivity index is 2.50. The average Bonchev–Trinajstić information content (AvgIpc) is 2.32. The van der Waals surface area contributed by atoms with Crippen LogP contribution in [0, 0.1) is 5.92 Å². The van der Waals surface area contributed by atoms with Gasteiger partial charge in [0.15, 0.2) is 0 Å². The van der Waals surface area contributed by atoms with E-state index in [0.29, 0.717) is 18.8 Å². The highest BCUT2D eigenvalue weighted by Gasteiger charge is 2.29. The minimum absolute atomic E-state index is 0.146. The van der Waals surface area contributed by atoms with E-state index in [-0.39, 0.29) is 5.92 Å². The molecule has 1 aliphatic heterocycles. The predicted octanol–water partition coefficient (Wildman–Crippen LogP) is 0.170. The summed E-state index contributed by atoms with van der Waals surface area (Å²) in [6.07, 6.45) is 1.94. The van der Waals surface area contributed by atoms with Crippen molar-refractivity contribution in [2.75, 3.05) is 25.1 Å². The zero-order chi connectivity index (χ0) is 10.1. The highest BCUT2D eigenvalue weighted by atomic mass is 35.7. The van der Waals surface area contributed by atoms with E-state index in [2.05, 4.69) is 0 Å². The van der Waals surface area contributed by atoms with Crippen molar-refractivity contribution in [3.05, 3.63) is 0 Å². The maximum Gasteiger partial charge on any atom is 0.211 e. The summed E-state index contributed by atoms with van der Waals surface area (Å²) in [5.74, 6) is 0.529. The van der Waals surface area contributed by atoms with Gasteiger partial charge in [-0.2, -0.15) is 0 Å². The van der Waals surface area contributed by atoms with Crippen molar-refractivity contribution in [3.8, 4) is 0 Å². The molecule has 1 rings (SSSR count). The van der Waals surface area contributed by atoms with Gasteiger partial charge in [0.25, 0.3) is 0 Å². The van der Waals surface area contributed by atoms with Gasteiger partial charge in [-0.25, -0.2) is 16.9 Å². The average molecular weight is 246 g/mol. The lowest BCUT2D eigenvalue weighted by molar-refractivity contribution is 0.470. The minimum Gasteiger partial charge on any atom is -0.243 e. The normalized spacial score (nSPS) is 27.7. The van der Waals surface area contributed by atoms with Crippen LogP contribution in [-0.2, 0) is 20.0 Å². The fourth-order valence-electron chi connectivity index (χ4n) is 1.42. The SMILES string of the molecule is CS(=O)(=O)N1CCC(CS(=O)Cl)C1. The second-order valence-corrected chi connectivity index (χ2v) is 7.16. The van der Waals surface area contributed by atoms with Gasteiger partial charge in [0.1, 0.15) is 10.0 Å². The second-order valence-electron chi connectivity index (χ2n) is 3.23. The van der Waals surface area contributed by atoms with Gasteiger partial charge < -0.3 is 0 Å². The van der Waals surface area contributed by atoms with Gasteiger partial charge in [-0.3, -0.25) is 0 Å². The minimum atomic E-state index is -3.08. The van der Waals surface area contributed by atoms with Gasteiger partial charge in [0.05, 0.1) is 6.26 Å². The van der Waals surface area contributed by atoms with Crippen molar-refractivity contribution < 1.29 is 12.6 Å². The van der Waals surface area contributed by atoms with Crippen LogP contribution in [0.3, 0.4) is 0 Å². The molecule has 0 aromatic heterocycles. The van der Waals surface area contributed by atoms with E-state index in [4.69, 9.17) is 10.7 Å². The van der Waals surface area contributed by atoms with E-state index in [0.717, 1.165) is 6.42 Å². The Labute approximate surface area is 85.3 Å². The summed E-state index contributed by atoms with van der Waals surface area (Å²) in [5, 5.41) is 0. The van der Waals surface area contributed by atoms with Gasteiger partial charge in [0, 0.05) is 18.8 Å². The molecule has 7 heteroatoms. The Kier molecular flexibility index (Phi) is 3.73. The molecule has 0 aliphatic carbocycles. The summed E-state index contributed by atoms with van der Waals surface area (Å²) in [7, 11) is 0.898. The molecule has 2 atom stereocenters. The van der Waals surface area contributed by atoms with E-state index in [1.165, 1.54) is 10.6 Å². The maximum atomic E-state index is 11.1. The van der Waals surface area contributed by atoms with E-state index in [9.17, 15) is 12.6 Å². The molecule has 4 nitrogen and oxygen atoms in total. The summed E-state index contributed by atoms with van der Waals surface area (Å²) in [6.45, 7) is 0.981. The Morgan fingerprint density at radius 1 is 1.62 bits per heavy atom. The lowest BCUT2D eigenvalue weighted by Gasteiger charge is -2.11. The first-order chi connectivity index (χ1) is 5.89. The zero-order valence-electron chi connectivity index (χ0n) is 7.27. The van der Waals surface area contributed by atoms with Crippen molar-refractivity contribution in [3.63, 3.8) is 0 Å². The van der Waals surface area contributed by atoms with Crippen LogP contribution in [0.15, 0.2) is 0 Å². The molecule has 0 aromatic rings. The first-order valence-corrected chi connectivity index (χ1v) is 7.88. The van der Waals surface area contributed by atoms with Gasteiger partial charge in [-0.15, -0.1) is 0 Å². The molecule has 1 fully saturated rings. The molecule has 1 aliphatic rings. The highest BCUT2D eigenvalue weighted by molar-refractivity contribution is 8.08. The van der Waals surface area contributed by atoms with Crippen molar-refractivity contribution in [2.45, 2.75) is 6.42 Å². The lowest BCUT2D eigenvalue weighted by Crippen LogP contribution is -2.28. The number of hydrogen-bond donors (Lipinski definition) is 0. The van der Waals surface area contributed by atoms with Crippen molar-refractivity contribution in [2.24, 2.45) is 5.92 Å². The summed E-state index contributed by atoms with van der Waals surface area (Å²) >= 11 is 0. The van der Waals surface area contributed by atoms with Crippen LogP contribution in [0.1, 0.15) is 6.42 Å². The molecule has 1 heterocycles. The van der Waals surface area contributed by atoms with Gasteiger partial charge in [-0.05, 0) is 23.0 Å². The van der Waals surface area contributed by atoms with Crippen molar-refractivity contribution in [1.82, 2.24) is 4.31 Å². The Bertz CT molecular complexity index is 303. The summed E-state index contributed by atoms with van der Waals surface area (Å²) < 4.78 is 34.2. The molecule has 13 heavy (non-hydrogen) atoms. The molecule has 2 unspecified atom stereocenters. The van der Waals surface area contributed by atoms with Crippen LogP contribution < -0.4 is 0 Å². The number of halogens is 1. The molecule has 0 amide bonds. The van der Waals surface area contributed by atoms with Crippen LogP contribution in [0.2, 0.25) is 0 Å². The van der Waals surface area contributed by atoms with Gasteiger partial charge in [-0.1, -0.05) is 0 Å². The molecular formula is C6H12ClNO3S2. The van der Waals surface area contributed by atoms with E-state index in [1.54, 1.807) is 0 Å². The predicted molar refractivity (Wildman–Crippen MR) is 53.4 cm³/mol. The molecule has 0 N–H and O–H groups in total. The summed E-state index contributed by atoms with van der Waals surface area (Å²) in [5.41, 5.74) is 0. The Morgan fingerprint density at radius 2 is 2.23 bits per heavy atom. The summed E-state index contributed by atoms with van der Waals surface area (Å²) in [6, 6.07) is 0. The number of sulfonamides is 1. The van der Waals surface area contributed by atoms with E-state index in [1.807, 2.05) is 0 Å². The van der Waals surface area contributed by atoms with Crippen molar-refractivity contribution >= 4 is 30.7 Å². The standard InChI is InChI=1S/C6H12ClNO3S2/c1-13(10,11)8-3-2-6(4-8)5-12(7)9/h6H,2-5H2,1H3. The fraction of sp³-hybridized carbons (Fsp3) is 1.00. The highest BCUT2D eigenvalue weighted by Crippen LogP contribution is 2.20. The zero-order valence-corrected chi connectivity index (χ0v) is 9.66. The van der Waals surface area contributed by atoms with Gasteiger partial charge in [0.2, 0.25) is 10.0 Å². The van der Waals surface area contributed by atoms with Crippen LogP contribution in [0.4, 0.5) is 0 Å². The first kappa shape index (κ1) is 11.4. The largest absolute Gasteiger partial charge is 0.243 e. The molecule has 1 saturated heterocycles. The topological polar surface area (TPSA) is 54.5 Å². The Morgan fingerprint density at radius 3 is 2.62 bits per heavy atom. The van der Waals surface area contributed by atoms with Crippen LogP contribution in [-0.4, -0.2) is 42.0 Å². The third-order valence-electron chi connectivity index (χ3n) is 2.08.